The highest BCUT2D eigenvalue weighted by Gasteiger charge is 2.44. The maximum Gasteiger partial charge on any atom is 0.311 e. The lowest BCUT2D eigenvalue weighted by Crippen LogP contribution is -2.43. The van der Waals surface area contributed by atoms with Gasteiger partial charge in [0.05, 0.1) is 27.8 Å². The van der Waals surface area contributed by atoms with Crippen LogP contribution in [0.25, 0.3) is 0 Å². The van der Waals surface area contributed by atoms with Crippen LogP contribution in [0.4, 0.5) is 5.69 Å². The van der Waals surface area contributed by atoms with Crippen LogP contribution in [0.15, 0.2) is 18.2 Å². The first-order valence-corrected chi connectivity index (χ1v) is 6.12. The van der Waals surface area contributed by atoms with Crippen LogP contribution in [-0.2, 0) is 4.79 Å². The van der Waals surface area contributed by atoms with Gasteiger partial charge >= 0.3 is 5.97 Å². The van der Waals surface area contributed by atoms with Gasteiger partial charge in [-0.25, -0.2) is 0 Å². The molecular formula is C13H13ClN2O2. The molecule has 94 valence electrons. The van der Waals surface area contributed by atoms with E-state index in [1.54, 1.807) is 18.2 Å². The Kier molecular flexibility index (Phi) is 3.44. The zero-order chi connectivity index (χ0) is 13.2. The van der Waals surface area contributed by atoms with Gasteiger partial charge in [0.2, 0.25) is 0 Å². The Morgan fingerprint density at radius 2 is 2.28 bits per heavy atom. The van der Waals surface area contributed by atoms with E-state index in [1.807, 2.05) is 6.07 Å². The number of hydrogen-bond donors (Lipinski definition) is 2. The second kappa shape index (κ2) is 4.87. The van der Waals surface area contributed by atoms with Crippen molar-refractivity contribution in [3.8, 4) is 6.07 Å². The summed E-state index contributed by atoms with van der Waals surface area (Å²) in [6.07, 6.45) is 2.35. The van der Waals surface area contributed by atoms with Crippen LogP contribution in [0.2, 0.25) is 5.02 Å². The molecule has 0 amide bonds. The Balaban J connectivity index is 2.07. The number of carboxylic acids is 1. The van der Waals surface area contributed by atoms with Crippen molar-refractivity contribution in [3.63, 3.8) is 0 Å². The molecule has 0 aliphatic heterocycles. The molecule has 1 saturated carbocycles. The van der Waals surface area contributed by atoms with E-state index < -0.39 is 11.4 Å². The van der Waals surface area contributed by atoms with E-state index in [4.69, 9.17) is 16.9 Å². The van der Waals surface area contributed by atoms with Crippen LogP contribution >= 0.6 is 11.6 Å². The molecule has 4 nitrogen and oxygen atoms in total. The Morgan fingerprint density at radius 3 is 2.72 bits per heavy atom. The van der Waals surface area contributed by atoms with Crippen molar-refractivity contribution in [2.24, 2.45) is 5.41 Å². The number of rotatable bonds is 4. The van der Waals surface area contributed by atoms with E-state index in [2.05, 4.69) is 5.32 Å². The van der Waals surface area contributed by atoms with Gasteiger partial charge in [-0.15, -0.1) is 0 Å². The van der Waals surface area contributed by atoms with Crippen LogP contribution in [0.1, 0.15) is 24.8 Å². The molecule has 0 heterocycles. The first-order valence-electron chi connectivity index (χ1n) is 5.74. The molecule has 0 bridgehead atoms. The number of nitrogens with one attached hydrogen (secondary N) is 1. The smallest absolute Gasteiger partial charge is 0.311 e. The van der Waals surface area contributed by atoms with E-state index in [0.717, 1.165) is 6.42 Å². The number of benzene rings is 1. The minimum absolute atomic E-state index is 0.369. The van der Waals surface area contributed by atoms with Crippen LogP contribution in [0.3, 0.4) is 0 Å². The van der Waals surface area contributed by atoms with Crippen LogP contribution in [0, 0.1) is 16.7 Å². The van der Waals surface area contributed by atoms with Crippen molar-refractivity contribution >= 4 is 23.3 Å². The molecule has 0 radical (unpaired) electrons. The number of nitrogens with zero attached hydrogens (tertiary/aromatic N) is 1. The molecule has 5 heteroatoms. The lowest BCUT2D eigenvalue weighted by atomic mass is 9.69. The average Bonchev–Trinajstić information content (AvgIpc) is 2.28. The Morgan fingerprint density at radius 1 is 1.56 bits per heavy atom. The van der Waals surface area contributed by atoms with Gasteiger partial charge in [0.1, 0.15) is 0 Å². The molecular weight excluding hydrogens is 252 g/mol. The number of nitriles is 1. The molecule has 1 fully saturated rings. The molecule has 2 N–H and O–H groups in total. The van der Waals surface area contributed by atoms with Crippen LogP contribution in [-0.4, -0.2) is 17.6 Å². The third kappa shape index (κ3) is 2.27. The highest BCUT2D eigenvalue weighted by Crippen LogP contribution is 2.41. The highest BCUT2D eigenvalue weighted by atomic mass is 35.5. The quantitative estimate of drug-likeness (QED) is 0.877. The van der Waals surface area contributed by atoms with Gasteiger partial charge in [0.25, 0.3) is 0 Å². The second-order valence-corrected chi connectivity index (χ2v) is 5.01. The highest BCUT2D eigenvalue weighted by molar-refractivity contribution is 6.33. The topological polar surface area (TPSA) is 73.1 Å². The SMILES string of the molecule is N#Cc1ccc(NCC2(C(=O)O)CCC2)c(Cl)c1. The summed E-state index contributed by atoms with van der Waals surface area (Å²) >= 11 is 6.02. The molecule has 0 spiro atoms. The number of anilines is 1. The largest absolute Gasteiger partial charge is 0.481 e. The fourth-order valence-electron chi connectivity index (χ4n) is 2.06. The van der Waals surface area contributed by atoms with E-state index in [9.17, 15) is 9.90 Å². The van der Waals surface area contributed by atoms with Crippen molar-refractivity contribution < 1.29 is 9.90 Å². The minimum Gasteiger partial charge on any atom is -0.481 e. The normalized spacial score (nSPS) is 16.4. The predicted molar refractivity (Wildman–Crippen MR) is 68.6 cm³/mol. The molecule has 1 aliphatic carbocycles. The fraction of sp³-hybridized carbons (Fsp3) is 0.385. The van der Waals surface area contributed by atoms with Gasteiger partial charge in [0, 0.05) is 6.54 Å². The van der Waals surface area contributed by atoms with E-state index >= 15 is 0 Å². The zero-order valence-corrected chi connectivity index (χ0v) is 10.5. The number of halogens is 1. The van der Waals surface area contributed by atoms with Crippen molar-refractivity contribution in [2.75, 3.05) is 11.9 Å². The van der Waals surface area contributed by atoms with Gasteiger partial charge in [0.15, 0.2) is 0 Å². The molecule has 0 atom stereocenters. The summed E-state index contributed by atoms with van der Waals surface area (Å²) in [7, 11) is 0. The van der Waals surface area contributed by atoms with E-state index in [0.29, 0.717) is 35.7 Å². The number of aliphatic carboxylic acids is 1. The Labute approximate surface area is 110 Å². The number of hydrogen-bond acceptors (Lipinski definition) is 3. The summed E-state index contributed by atoms with van der Waals surface area (Å²) in [6, 6.07) is 6.93. The lowest BCUT2D eigenvalue weighted by molar-refractivity contribution is -0.153. The summed E-state index contributed by atoms with van der Waals surface area (Å²) in [5, 5.41) is 21.4. The van der Waals surface area contributed by atoms with Gasteiger partial charge in [-0.1, -0.05) is 18.0 Å². The Hall–Kier alpha value is -1.73. The molecule has 18 heavy (non-hydrogen) atoms. The molecule has 1 aliphatic rings. The zero-order valence-electron chi connectivity index (χ0n) is 9.74. The molecule has 0 saturated heterocycles. The fourth-order valence-corrected chi connectivity index (χ4v) is 2.31. The maximum atomic E-state index is 11.2. The third-order valence-corrected chi connectivity index (χ3v) is 3.79. The van der Waals surface area contributed by atoms with Crippen molar-refractivity contribution in [1.82, 2.24) is 0 Å². The van der Waals surface area contributed by atoms with Gasteiger partial charge < -0.3 is 10.4 Å². The van der Waals surface area contributed by atoms with E-state index in [-0.39, 0.29) is 0 Å². The number of carbonyl (C=O) groups is 1. The van der Waals surface area contributed by atoms with Crippen LogP contribution in [0.5, 0.6) is 0 Å². The first kappa shape index (κ1) is 12.7. The van der Waals surface area contributed by atoms with Crippen molar-refractivity contribution in [1.29, 1.82) is 5.26 Å². The van der Waals surface area contributed by atoms with Gasteiger partial charge in [-0.3, -0.25) is 4.79 Å². The van der Waals surface area contributed by atoms with Crippen LogP contribution < -0.4 is 5.32 Å². The van der Waals surface area contributed by atoms with Gasteiger partial charge in [-0.05, 0) is 31.0 Å². The Bertz CT molecular complexity index is 518. The second-order valence-electron chi connectivity index (χ2n) is 4.60. The maximum absolute atomic E-state index is 11.2. The molecule has 1 aromatic rings. The first-order chi connectivity index (χ1) is 8.57. The molecule has 0 unspecified atom stereocenters. The van der Waals surface area contributed by atoms with Gasteiger partial charge in [-0.2, -0.15) is 5.26 Å². The molecule has 2 rings (SSSR count). The summed E-state index contributed by atoms with van der Waals surface area (Å²) in [5.74, 6) is -0.758. The lowest BCUT2D eigenvalue weighted by Gasteiger charge is -2.37. The monoisotopic (exact) mass is 264 g/mol. The number of carboxylic acid groups (broad SMARTS) is 1. The van der Waals surface area contributed by atoms with Crippen molar-refractivity contribution in [2.45, 2.75) is 19.3 Å². The summed E-state index contributed by atoms with van der Waals surface area (Å²) in [6.45, 7) is 0.369. The van der Waals surface area contributed by atoms with E-state index in [1.165, 1.54) is 0 Å². The predicted octanol–water partition coefficient (Wildman–Crippen LogP) is 2.88. The minimum atomic E-state index is -0.758. The summed E-state index contributed by atoms with van der Waals surface area (Å²) < 4.78 is 0. The summed E-state index contributed by atoms with van der Waals surface area (Å²) in [4.78, 5) is 11.2. The molecule has 0 aromatic heterocycles. The third-order valence-electron chi connectivity index (χ3n) is 3.48. The summed E-state index contributed by atoms with van der Waals surface area (Å²) in [5.41, 5.74) is 0.502. The molecule has 1 aromatic carbocycles. The van der Waals surface area contributed by atoms with Crippen molar-refractivity contribution in [3.05, 3.63) is 28.8 Å². The standard InChI is InChI=1S/C13H13ClN2O2/c14-10-6-9(7-15)2-3-11(10)16-8-13(12(17)18)4-1-5-13/h2-3,6,16H,1,4-5,8H2,(H,17,18). The average molecular weight is 265 g/mol.